The number of imidazole rings is 2. The second-order valence-electron chi connectivity index (χ2n) is 4.59. The van der Waals surface area contributed by atoms with E-state index < -0.39 is 0 Å². The second kappa shape index (κ2) is 8.67. The zero-order chi connectivity index (χ0) is 17.4. The van der Waals surface area contributed by atoms with Gasteiger partial charge in [-0.25, -0.2) is 9.97 Å². The summed E-state index contributed by atoms with van der Waals surface area (Å²) < 4.78 is 0. The molecule has 2 aromatic heterocycles. The molecule has 0 aliphatic carbocycles. The fourth-order valence-electron chi connectivity index (χ4n) is 2.39. The van der Waals surface area contributed by atoms with Crippen LogP contribution in [0.3, 0.4) is 0 Å². The van der Waals surface area contributed by atoms with E-state index in [0.717, 1.165) is 33.8 Å². The number of aromatic amines is 2. The molecule has 0 bridgehead atoms. The van der Waals surface area contributed by atoms with Crippen molar-refractivity contribution in [2.75, 3.05) is 0 Å². The summed E-state index contributed by atoms with van der Waals surface area (Å²) in [7, 11) is 0. The van der Waals surface area contributed by atoms with E-state index in [4.69, 9.17) is 0 Å². The number of rotatable bonds is 2. The van der Waals surface area contributed by atoms with Gasteiger partial charge in [0.05, 0.1) is 11.0 Å². The predicted molar refractivity (Wildman–Crippen MR) is 102 cm³/mol. The van der Waals surface area contributed by atoms with E-state index in [9.17, 15) is 0 Å². The van der Waals surface area contributed by atoms with E-state index >= 15 is 0 Å². The van der Waals surface area contributed by atoms with Crippen molar-refractivity contribution < 1.29 is 0 Å². The van der Waals surface area contributed by atoms with E-state index in [0.29, 0.717) is 0 Å². The molecule has 4 rings (SSSR count). The van der Waals surface area contributed by atoms with E-state index in [1.54, 1.807) is 6.20 Å². The highest BCUT2D eigenvalue weighted by Crippen LogP contribution is 2.29. The Balaban J connectivity index is 0.000000487. The minimum atomic E-state index is 0.848. The molecule has 4 aromatic rings. The molecule has 4 nitrogen and oxygen atoms in total. The lowest BCUT2D eigenvalue weighted by Crippen LogP contribution is -1.88. The van der Waals surface area contributed by atoms with Gasteiger partial charge in [0.1, 0.15) is 11.6 Å². The highest BCUT2D eigenvalue weighted by molar-refractivity contribution is 5.84. The first kappa shape index (κ1) is 17.5. The van der Waals surface area contributed by atoms with Crippen LogP contribution in [-0.2, 0) is 0 Å². The molecule has 0 aliphatic rings. The first-order valence-electron chi connectivity index (χ1n) is 8.46. The Morgan fingerprint density at radius 2 is 1.38 bits per heavy atom. The Morgan fingerprint density at radius 3 is 2.00 bits per heavy atom. The number of nitrogens with one attached hydrogen (secondary N) is 2. The third-order valence-electron chi connectivity index (χ3n) is 3.32. The van der Waals surface area contributed by atoms with Crippen LogP contribution in [-0.4, -0.2) is 19.9 Å². The maximum atomic E-state index is 4.66. The summed E-state index contributed by atoms with van der Waals surface area (Å²) in [6, 6.07) is 16.1. The Labute approximate surface area is 143 Å². The van der Waals surface area contributed by atoms with Gasteiger partial charge in [-0.05, 0) is 12.1 Å². The van der Waals surface area contributed by atoms with Crippen molar-refractivity contribution >= 4 is 11.0 Å². The molecule has 4 heteroatoms. The van der Waals surface area contributed by atoms with Crippen LogP contribution < -0.4 is 0 Å². The second-order valence-corrected chi connectivity index (χ2v) is 4.59. The first-order chi connectivity index (χ1) is 11.9. The quantitative estimate of drug-likeness (QED) is 0.500. The fourth-order valence-corrected chi connectivity index (χ4v) is 2.39. The van der Waals surface area contributed by atoms with Crippen molar-refractivity contribution in [1.29, 1.82) is 0 Å². The summed E-state index contributed by atoms with van der Waals surface area (Å²) in [4.78, 5) is 15.5. The maximum Gasteiger partial charge on any atom is 0.139 e. The normalized spacial score (nSPS) is 9.67. The van der Waals surface area contributed by atoms with Crippen LogP contribution in [0, 0.1) is 0 Å². The lowest BCUT2D eigenvalue weighted by molar-refractivity contribution is 1.28. The monoisotopic (exact) mass is 320 g/mol. The average molecular weight is 320 g/mol. The third kappa shape index (κ3) is 3.54. The third-order valence-corrected chi connectivity index (χ3v) is 3.32. The highest BCUT2D eigenvalue weighted by atomic mass is 14.9. The van der Waals surface area contributed by atoms with Gasteiger partial charge in [-0.3, -0.25) is 0 Å². The van der Waals surface area contributed by atoms with E-state index in [-0.39, 0.29) is 0 Å². The van der Waals surface area contributed by atoms with Crippen molar-refractivity contribution in [1.82, 2.24) is 19.9 Å². The molecule has 0 saturated heterocycles. The van der Waals surface area contributed by atoms with E-state index in [1.165, 1.54) is 0 Å². The summed E-state index contributed by atoms with van der Waals surface area (Å²) in [5.41, 5.74) is 4.09. The van der Waals surface area contributed by atoms with Gasteiger partial charge in [-0.2, -0.15) is 0 Å². The summed E-state index contributed by atoms with van der Waals surface area (Å²) in [5, 5.41) is 0. The van der Waals surface area contributed by atoms with Gasteiger partial charge in [-0.15, -0.1) is 0 Å². The lowest BCUT2D eigenvalue weighted by atomic mass is 10.1. The SMILES string of the molecule is CC.CC.c1ccc(-c2nc3ccccc3[nH]2)c(-c2ncc[nH]2)c1. The summed E-state index contributed by atoms with van der Waals surface area (Å²) in [6.45, 7) is 8.00. The standard InChI is InChI=1S/C16H12N4.2C2H6/c1-2-6-12(11(5-1)15-17-9-10-18-15)16-19-13-7-3-4-8-14(13)20-16;2*1-2/h1-10H,(H,17,18)(H,19,20);2*1-2H3. The molecule has 2 heterocycles. The van der Waals surface area contributed by atoms with Crippen LogP contribution in [0.2, 0.25) is 0 Å². The number of hydrogen-bond acceptors (Lipinski definition) is 2. The highest BCUT2D eigenvalue weighted by Gasteiger charge is 2.11. The number of hydrogen-bond donors (Lipinski definition) is 2. The van der Waals surface area contributed by atoms with Crippen LogP contribution in [0.1, 0.15) is 27.7 Å². The Morgan fingerprint density at radius 1 is 0.750 bits per heavy atom. The Bertz CT molecular complexity index is 827. The molecule has 0 radical (unpaired) electrons. The molecule has 124 valence electrons. The van der Waals surface area contributed by atoms with Gasteiger partial charge in [0, 0.05) is 23.5 Å². The lowest BCUT2D eigenvalue weighted by Gasteiger charge is -2.04. The summed E-state index contributed by atoms with van der Waals surface area (Å²) in [6.07, 6.45) is 3.58. The van der Waals surface area contributed by atoms with Gasteiger partial charge in [0.15, 0.2) is 0 Å². The molecular formula is C20H24N4. The molecule has 24 heavy (non-hydrogen) atoms. The van der Waals surface area contributed by atoms with Crippen molar-refractivity contribution in [3.63, 3.8) is 0 Å². The largest absolute Gasteiger partial charge is 0.345 e. The van der Waals surface area contributed by atoms with Gasteiger partial charge >= 0.3 is 0 Å². The number of H-pyrrole nitrogens is 2. The number of benzene rings is 2. The van der Waals surface area contributed by atoms with Crippen molar-refractivity contribution in [3.05, 3.63) is 60.9 Å². The van der Waals surface area contributed by atoms with Crippen molar-refractivity contribution in [2.24, 2.45) is 0 Å². The molecule has 0 aliphatic heterocycles. The number of aromatic nitrogens is 4. The minimum Gasteiger partial charge on any atom is -0.345 e. The molecule has 2 N–H and O–H groups in total. The first-order valence-corrected chi connectivity index (χ1v) is 8.46. The van der Waals surface area contributed by atoms with Gasteiger partial charge in [0.2, 0.25) is 0 Å². The molecule has 0 unspecified atom stereocenters. The topological polar surface area (TPSA) is 57.4 Å². The average Bonchev–Trinajstić information content (AvgIpc) is 3.34. The zero-order valence-corrected chi connectivity index (χ0v) is 14.7. The van der Waals surface area contributed by atoms with Crippen LogP contribution in [0.15, 0.2) is 60.9 Å². The van der Waals surface area contributed by atoms with Crippen molar-refractivity contribution in [3.8, 4) is 22.8 Å². The predicted octanol–water partition coefficient (Wildman–Crippen LogP) is 5.67. The van der Waals surface area contributed by atoms with Gasteiger partial charge < -0.3 is 9.97 Å². The Hall–Kier alpha value is -2.88. The number of nitrogens with zero attached hydrogens (tertiary/aromatic N) is 2. The molecule has 0 saturated carbocycles. The van der Waals surface area contributed by atoms with Gasteiger partial charge in [-0.1, -0.05) is 64.1 Å². The smallest absolute Gasteiger partial charge is 0.139 e. The van der Waals surface area contributed by atoms with Crippen LogP contribution in [0.4, 0.5) is 0 Å². The van der Waals surface area contributed by atoms with E-state index in [1.807, 2.05) is 76.4 Å². The molecular weight excluding hydrogens is 296 g/mol. The minimum absolute atomic E-state index is 0.848. The summed E-state index contributed by atoms with van der Waals surface area (Å²) >= 11 is 0. The van der Waals surface area contributed by atoms with Crippen LogP contribution in [0.25, 0.3) is 33.8 Å². The van der Waals surface area contributed by atoms with Gasteiger partial charge in [0.25, 0.3) is 0 Å². The summed E-state index contributed by atoms with van der Waals surface area (Å²) in [5.74, 6) is 1.71. The van der Waals surface area contributed by atoms with E-state index in [2.05, 4.69) is 26.0 Å². The fraction of sp³-hybridized carbons (Fsp3) is 0.200. The van der Waals surface area contributed by atoms with Crippen LogP contribution >= 0.6 is 0 Å². The maximum absolute atomic E-state index is 4.66. The van der Waals surface area contributed by atoms with Crippen molar-refractivity contribution in [2.45, 2.75) is 27.7 Å². The Kier molecular flexibility index (Phi) is 6.32. The molecule has 0 atom stereocenters. The molecule has 2 aromatic carbocycles. The van der Waals surface area contributed by atoms with Crippen LogP contribution in [0.5, 0.6) is 0 Å². The number of fused-ring (bicyclic) bond motifs is 1. The number of para-hydroxylation sites is 2. The zero-order valence-electron chi connectivity index (χ0n) is 14.7. The molecule has 0 spiro atoms. The molecule has 0 fully saturated rings. The molecule has 0 amide bonds.